The molecule has 22 heavy (non-hydrogen) atoms. The molecule has 0 unspecified atom stereocenters. The van der Waals surface area contributed by atoms with Gasteiger partial charge >= 0.3 is 0 Å². The first-order chi connectivity index (χ1) is 10.8. The SMILES string of the molecule is Brc1ccc(-n2cc(-c3ccccc3)[n+]3c2CCCC3)cc1. The van der Waals surface area contributed by atoms with Crippen LogP contribution in [0.4, 0.5) is 0 Å². The van der Waals surface area contributed by atoms with Crippen molar-refractivity contribution in [2.45, 2.75) is 25.8 Å². The van der Waals surface area contributed by atoms with Gasteiger partial charge < -0.3 is 0 Å². The van der Waals surface area contributed by atoms with Gasteiger partial charge in [0.05, 0.1) is 6.54 Å². The Hall–Kier alpha value is -1.87. The van der Waals surface area contributed by atoms with Crippen molar-refractivity contribution in [1.82, 2.24) is 4.57 Å². The van der Waals surface area contributed by atoms with E-state index in [0.29, 0.717) is 0 Å². The molecule has 0 aliphatic carbocycles. The smallest absolute Gasteiger partial charge is 0.227 e. The van der Waals surface area contributed by atoms with Crippen molar-refractivity contribution in [3.8, 4) is 16.9 Å². The summed E-state index contributed by atoms with van der Waals surface area (Å²) in [4.78, 5) is 0. The van der Waals surface area contributed by atoms with Crippen molar-refractivity contribution in [3.63, 3.8) is 0 Å². The van der Waals surface area contributed by atoms with Crippen LogP contribution >= 0.6 is 15.9 Å². The summed E-state index contributed by atoms with van der Waals surface area (Å²) < 4.78 is 5.96. The summed E-state index contributed by atoms with van der Waals surface area (Å²) in [6, 6.07) is 19.3. The number of rotatable bonds is 2. The van der Waals surface area contributed by atoms with Gasteiger partial charge in [0.1, 0.15) is 11.9 Å². The van der Waals surface area contributed by atoms with E-state index in [1.54, 1.807) is 0 Å². The molecule has 0 saturated carbocycles. The first kappa shape index (κ1) is 13.8. The summed E-state index contributed by atoms with van der Waals surface area (Å²) in [6.07, 6.45) is 5.97. The monoisotopic (exact) mass is 353 g/mol. The van der Waals surface area contributed by atoms with Gasteiger partial charge in [-0.05, 0) is 37.1 Å². The van der Waals surface area contributed by atoms with Crippen LogP contribution in [0.1, 0.15) is 18.7 Å². The predicted molar refractivity (Wildman–Crippen MR) is 92.0 cm³/mol. The highest BCUT2D eigenvalue weighted by Gasteiger charge is 2.27. The molecule has 1 aromatic heterocycles. The van der Waals surface area contributed by atoms with Crippen molar-refractivity contribution < 1.29 is 4.57 Å². The van der Waals surface area contributed by atoms with Gasteiger partial charge in [-0.3, -0.25) is 0 Å². The fourth-order valence-electron chi connectivity index (χ4n) is 3.26. The van der Waals surface area contributed by atoms with E-state index in [9.17, 15) is 0 Å². The Bertz CT molecular complexity index is 788. The van der Waals surface area contributed by atoms with E-state index in [-0.39, 0.29) is 0 Å². The van der Waals surface area contributed by atoms with Crippen LogP contribution in [0.25, 0.3) is 16.9 Å². The number of nitrogens with zero attached hydrogens (tertiary/aromatic N) is 2. The lowest BCUT2D eigenvalue weighted by Gasteiger charge is -2.11. The summed E-state index contributed by atoms with van der Waals surface area (Å²) in [6.45, 7) is 1.11. The first-order valence-electron chi connectivity index (χ1n) is 7.78. The first-order valence-corrected chi connectivity index (χ1v) is 8.58. The van der Waals surface area contributed by atoms with Crippen LogP contribution in [0.5, 0.6) is 0 Å². The van der Waals surface area contributed by atoms with Crippen LogP contribution in [-0.2, 0) is 13.0 Å². The van der Waals surface area contributed by atoms with Gasteiger partial charge in [0.25, 0.3) is 5.82 Å². The van der Waals surface area contributed by atoms with Gasteiger partial charge in [0.15, 0.2) is 5.69 Å². The van der Waals surface area contributed by atoms with Crippen molar-refractivity contribution in [1.29, 1.82) is 0 Å². The number of imidazole rings is 1. The van der Waals surface area contributed by atoms with Crippen LogP contribution in [0, 0.1) is 0 Å². The summed E-state index contributed by atoms with van der Waals surface area (Å²) in [5.41, 5.74) is 3.84. The average Bonchev–Trinajstić information content (AvgIpc) is 2.96. The molecule has 0 spiro atoms. The fraction of sp³-hybridized carbons (Fsp3) is 0.211. The number of hydrogen-bond donors (Lipinski definition) is 0. The summed E-state index contributed by atoms with van der Waals surface area (Å²) in [5, 5.41) is 0. The second-order valence-electron chi connectivity index (χ2n) is 5.75. The minimum atomic E-state index is 1.11. The number of hydrogen-bond acceptors (Lipinski definition) is 0. The standard InChI is InChI=1S/C19H18BrN2/c20-16-9-11-17(12-10-16)22-14-18(15-6-2-1-3-7-15)21-13-5-4-8-19(21)22/h1-3,6-7,9-12,14H,4-5,8,13H2/q+1. The third kappa shape index (κ3) is 2.40. The summed E-state index contributed by atoms with van der Waals surface area (Å²) >= 11 is 3.52. The molecule has 0 radical (unpaired) electrons. The minimum Gasteiger partial charge on any atom is -0.227 e. The molecule has 4 rings (SSSR count). The minimum absolute atomic E-state index is 1.11. The summed E-state index contributed by atoms with van der Waals surface area (Å²) in [5.74, 6) is 1.41. The topological polar surface area (TPSA) is 8.81 Å². The lowest BCUT2D eigenvalue weighted by atomic mass is 10.1. The third-order valence-corrected chi connectivity index (χ3v) is 4.87. The quantitative estimate of drug-likeness (QED) is 0.598. The van der Waals surface area contributed by atoms with Gasteiger partial charge in [-0.25, -0.2) is 4.57 Å². The Morgan fingerprint density at radius 2 is 1.68 bits per heavy atom. The van der Waals surface area contributed by atoms with Gasteiger partial charge in [0, 0.05) is 16.5 Å². The van der Waals surface area contributed by atoms with Gasteiger partial charge in [-0.15, -0.1) is 0 Å². The molecule has 0 fully saturated rings. The zero-order valence-corrected chi connectivity index (χ0v) is 14.0. The molecule has 1 aliphatic rings. The van der Waals surface area contributed by atoms with Crippen molar-refractivity contribution in [3.05, 3.63) is 71.1 Å². The fourth-order valence-corrected chi connectivity index (χ4v) is 3.52. The van der Waals surface area contributed by atoms with Gasteiger partial charge in [-0.2, -0.15) is 4.57 Å². The number of fused-ring (bicyclic) bond motifs is 1. The van der Waals surface area contributed by atoms with E-state index < -0.39 is 0 Å². The second kappa shape index (κ2) is 5.73. The van der Waals surface area contributed by atoms with E-state index in [0.717, 1.165) is 17.4 Å². The molecule has 3 aromatic rings. The molecular weight excluding hydrogens is 336 g/mol. The van der Waals surface area contributed by atoms with Crippen LogP contribution in [0.3, 0.4) is 0 Å². The molecule has 2 nitrogen and oxygen atoms in total. The lowest BCUT2D eigenvalue weighted by Crippen LogP contribution is -2.42. The maximum absolute atomic E-state index is 3.52. The van der Waals surface area contributed by atoms with Crippen LogP contribution < -0.4 is 4.57 Å². The Morgan fingerprint density at radius 3 is 2.45 bits per heavy atom. The average molecular weight is 354 g/mol. The maximum atomic E-state index is 3.52. The van der Waals surface area contributed by atoms with E-state index in [4.69, 9.17) is 0 Å². The van der Waals surface area contributed by atoms with E-state index in [1.807, 2.05) is 0 Å². The van der Waals surface area contributed by atoms with Gasteiger partial charge in [0.2, 0.25) is 0 Å². The molecule has 3 heteroatoms. The maximum Gasteiger partial charge on any atom is 0.262 e. The highest BCUT2D eigenvalue weighted by atomic mass is 79.9. The van der Waals surface area contributed by atoms with Crippen LogP contribution in [0.2, 0.25) is 0 Å². The normalized spacial score (nSPS) is 13.9. The summed E-state index contributed by atoms with van der Waals surface area (Å²) in [7, 11) is 0. The highest BCUT2D eigenvalue weighted by Crippen LogP contribution is 2.24. The Kier molecular flexibility index (Phi) is 3.59. The predicted octanol–water partition coefficient (Wildman–Crippen LogP) is 4.53. The zero-order valence-electron chi connectivity index (χ0n) is 12.4. The van der Waals surface area contributed by atoms with E-state index >= 15 is 0 Å². The molecule has 110 valence electrons. The molecule has 0 N–H and O–H groups in total. The Morgan fingerprint density at radius 1 is 0.909 bits per heavy atom. The molecular formula is C19H18BrN2+. The molecule has 2 heterocycles. The molecule has 0 amide bonds. The zero-order chi connectivity index (χ0) is 14.9. The lowest BCUT2D eigenvalue weighted by molar-refractivity contribution is -0.698. The Labute approximate surface area is 139 Å². The largest absolute Gasteiger partial charge is 0.262 e. The highest BCUT2D eigenvalue weighted by molar-refractivity contribution is 9.10. The van der Waals surface area contributed by atoms with Gasteiger partial charge in [-0.1, -0.05) is 46.3 Å². The number of benzene rings is 2. The number of halogens is 1. The molecule has 0 bridgehead atoms. The second-order valence-corrected chi connectivity index (χ2v) is 6.67. The van der Waals surface area contributed by atoms with Crippen molar-refractivity contribution in [2.75, 3.05) is 0 Å². The molecule has 0 saturated heterocycles. The van der Waals surface area contributed by atoms with E-state index in [2.05, 4.69) is 85.9 Å². The Balaban J connectivity index is 1.89. The van der Waals surface area contributed by atoms with Crippen molar-refractivity contribution in [2.24, 2.45) is 0 Å². The van der Waals surface area contributed by atoms with Crippen molar-refractivity contribution >= 4 is 15.9 Å². The third-order valence-electron chi connectivity index (χ3n) is 4.34. The van der Waals surface area contributed by atoms with Crippen LogP contribution in [-0.4, -0.2) is 4.57 Å². The molecule has 1 aliphatic heterocycles. The van der Waals surface area contributed by atoms with E-state index in [1.165, 1.54) is 35.6 Å². The molecule has 0 atom stereocenters. The molecule has 2 aromatic carbocycles. The van der Waals surface area contributed by atoms with Crippen LogP contribution in [0.15, 0.2) is 65.3 Å². The number of aromatic nitrogens is 2.